The fourth-order valence-corrected chi connectivity index (χ4v) is 2.51. The predicted octanol–water partition coefficient (Wildman–Crippen LogP) is 2.38. The Bertz CT molecular complexity index is 291. The van der Waals surface area contributed by atoms with Gasteiger partial charge in [0.2, 0.25) is 0 Å². The number of likely N-dealkylation sites (tertiary alicyclic amines) is 1. The lowest BCUT2D eigenvalue weighted by atomic mass is 10.0. The summed E-state index contributed by atoms with van der Waals surface area (Å²) in [6, 6.07) is 0.570. The van der Waals surface area contributed by atoms with Crippen molar-refractivity contribution in [3.05, 3.63) is 12.2 Å². The van der Waals surface area contributed by atoms with Crippen LogP contribution >= 0.6 is 0 Å². The van der Waals surface area contributed by atoms with Gasteiger partial charge in [0, 0.05) is 32.7 Å². The van der Waals surface area contributed by atoms with Crippen molar-refractivity contribution in [1.29, 1.82) is 0 Å². The highest BCUT2D eigenvalue weighted by atomic mass is 15.2. The van der Waals surface area contributed by atoms with Crippen LogP contribution in [0.5, 0.6) is 0 Å². The summed E-state index contributed by atoms with van der Waals surface area (Å²) in [5.74, 6) is 0.946. The highest BCUT2D eigenvalue weighted by molar-refractivity contribution is 5.79. The molecule has 1 heterocycles. The van der Waals surface area contributed by atoms with Crippen LogP contribution in [-0.2, 0) is 0 Å². The number of unbranched alkanes of at least 4 members (excludes halogenated alkanes) is 1. The van der Waals surface area contributed by atoms with Crippen molar-refractivity contribution < 1.29 is 0 Å². The lowest BCUT2D eigenvalue weighted by molar-refractivity contribution is 0.203. The van der Waals surface area contributed by atoms with Gasteiger partial charge in [-0.3, -0.25) is 4.99 Å². The van der Waals surface area contributed by atoms with E-state index >= 15 is 0 Å². The van der Waals surface area contributed by atoms with Crippen molar-refractivity contribution in [2.75, 3.05) is 33.2 Å². The number of piperidine rings is 1. The summed E-state index contributed by atoms with van der Waals surface area (Å²) in [5.41, 5.74) is 0. The number of rotatable bonds is 7. The lowest BCUT2D eigenvalue weighted by Gasteiger charge is -2.33. The Morgan fingerprint density at radius 1 is 1.35 bits per heavy atom. The minimum Gasteiger partial charge on any atom is -0.356 e. The van der Waals surface area contributed by atoms with E-state index in [9.17, 15) is 0 Å². The third-order valence-electron chi connectivity index (χ3n) is 3.82. The number of nitrogens with one attached hydrogen (secondary N) is 2. The van der Waals surface area contributed by atoms with E-state index in [1.165, 1.54) is 45.3 Å². The van der Waals surface area contributed by atoms with Crippen LogP contribution in [0, 0.1) is 0 Å². The molecule has 1 aliphatic rings. The molecule has 1 aliphatic heterocycles. The SMILES string of the molecule is CC=CCCNC(=NC)NC1CCN(CCCC)CC1. The monoisotopic (exact) mass is 280 g/mol. The lowest BCUT2D eigenvalue weighted by Crippen LogP contribution is -2.48. The van der Waals surface area contributed by atoms with E-state index in [4.69, 9.17) is 0 Å². The molecule has 0 atom stereocenters. The molecule has 1 fully saturated rings. The van der Waals surface area contributed by atoms with Crippen LogP contribution in [0.2, 0.25) is 0 Å². The Balaban J connectivity index is 2.20. The highest BCUT2D eigenvalue weighted by Gasteiger charge is 2.19. The maximum atomic E-state index is 4.31. The molecule has 0 radical (unpaired) electrons. The van der Waals surface area contributed by atoms with Crippen LogP contribution in [0.15, 0.2) is 17.1 Å². The topological polar surface area (TPSA) is 39.7 Å². The third-order valence-corrected chi connectivity index (χ3v) is 3.82. The van der Waals surface area contributed by atoms with Crippen LogP contribution < -0.4 is 10.6 Å². The Morgan fingerprint density at radius 2 is 2.10 bits per heavy atom. The van der Waals surface area contributed by atoms with Crippen LogP contribution in [-0.4, -0.2) is 50.1 Å². The molecule has 0 aromatic carbocycles. The fraction of sp³-hybridized carbons (Fsp3) is 0.812. The summed E-state index contributed by atoms with van der Waals surface area (Å²) in [7, 11) is 1.85. The smallest absolute Gasteiger partial charge is 0.191 e. The maximum Gasteiger partial charge on any atom is 0.191 e. The summed E-state index contributed by atoms with van der Waals surface area (Å²) in [6.45, 7) is 8.95. The first-order chi connectivity index (χ1) is 9.80. The van der Waals surface area contributed by atoms with Gasteiger partial charge in [-0.05, 0) is 39.2 Å². The number of nitrogens with zero attached hydrogens (tertiary/aromatic N) is 2. The van der Waals surface area contributed by atoms with Crippen molar-refractivity contribution in [2.24, 2.45) is 4.99 Å². The molecule has 0 aromatic heterocycles. The largest absolute Gasteiger partial charge is 0.356 e. The van der Waals surface area contributed by atoms with E-state index < -0.39 is 0 Å². The molecule has 20 heavy (non-hydrogen) atoms. The van der Waals surface area contributed by atoms with Gasteiger partial charge in [-0.25, -0.2) is 0 Å². The van der Waals surface area contributed by atoms with E-state index in [2.05, 4.69) is 46.5 Å². The maximum absolute atomic E-state index is 4.31. The molecule has 0 amide bonds. The number of aliphatic imine (C=N–C) groups is 1. The summed E-state index contributed by atoms with van der Waals surface area (Å²) in [6.07, 6.45) is 10.4. The standard InChI is InChI=1S/C16H32N4/c1-4-6-8-11-18-16(17-3)19-15-9-13-20(14-10-15)12-7-5-2/h4,6,15H,5,7-14H2,1-3H3,(H2,17,18,19). The van der Waals surface area contributed by atoms with Gasteiger partial charge in [0.1, 0.15) is 0 Å². The summed E-state index contributed by atoms with van der Waals surface area (Å²) < 4.78 is 0. The molecule has 0 unspecified atom stereocenters. The second-order valence-electron chi connectivity index (χ2n) is 5.47. The van der Waals surface area contributed by atoms with Crippen molar-refractivity contribution in [3.8, 4) is 0 Å². The molecule has 2 N–H and O–H groups in total. The number of hydrogen-bond donors (Lipinski definition) is 2. The molecule has 1 saturated heterocycles. The number of hydrogen-bond acceptors (Lipinski definition) is 2. The van der Waals surface area contributed by atoms with Gasteiger partial charge in [0.15, 0.2) is 5.96 Å². The van der Waals surface area contributed by atoms with Gasteiger partial charge in [-0.1, -0.05) is 25.5 Å². The van der Waals surface area contributed by atoms with Crippen molar-refractivity contribution in [3.63, 3.8) is 0 Å². The number of guanidine groups is 1. The average molecular weight is 280 g/mol. The van der Waals surface area contributed by atoms with Gasteiger partial charge in [-0.2, -0.15) is 0 Å². The molecule has 0 saturated carbocycles. The Morgan fingerprint density at radius 3 is 2.70 bits per heavy atom. The minimum atomic E-state index is 0.570. The van der Waals surface area contributed by atoms with Crippen LogP contribution in [0.1, 0.15) is 46.0 Å². The van der Waals surface area contributed by atoms with Gasteiger partial charge in [0.25, 0.3) is 0 Å². The van der Waals surface area contributed by atoms with Gasteiger partial charge in [-0.15, -0.1) is 0 Å². The van der Waals surface area contributed by atoms with Crippen molar-refractivity contribution in [2.45, 2.75) is 52.0 Å². The third kappa shape index (κ3) is 6.94. The highest BCUT2D eigenvalue weighted by Crippen LogP contribution is 2.10. The van der Waals surface area contributed by atoms with Gasteiger partial charge >= 0.3 is 0 Å². The van der Waals surface area contributed by atoms with Crippen molar-refractivity contribution >= 4 is 5.96 Å². The summed E-state index contributed by atoms with van der Waals surface area (Å²) in [4.78, 5) is 6.89. The fourth-order valence-electron chi connectivity index (χ4n) is 2.51. The van der Waals surface area contributed by atoms with Crippen LogP contribution in [0.4, 0.5) is 0 Å². The molecule has 0 bridgehead atoms. The first-order valence-corrected chi connectivity index (χ1v) is 8.10. The quantitative estimate of drug-likeness (QED) is 0.325. The summed E-state index contributed by atoms with van der Waals surface area (Å²) >= 11 is 0. The van der Waals surface area contributed by atoms with E-state index in [0.29, 0.717) is 6.04 Å². The zero-order chi connectivity index (χ0) is 14.6. The molecular formula is C16H32N4. The van der Waals surface area contributed by atoms with Crippen LogP contribution in [0.25, 0.3) is 0 Å². The van der Waals surface area contributed by atoms with E-state index in [0.717, 1.165) is 18.9 Å². The van der Waals surface area contributed by atoms with E-state index in [1.54, 1.807) is 0 Å². The molecular weight excluding hydrogens is 248 g/mol. The Hall–Kier alpha value is -1.03. The Kier molecular flexibility index (Phi) is 9.13. The Labute approximate surface area is 124 Å². The first-order valence-electron chi connectivity index (χ1n) is 8.10. The molecule has 4 nitrogen and oxygen atoms in total. The molecule has 4 heteroatoms. The normalized spacial score (nSPS) is 18.6. The molecule has 0 aromatic rings. The van der Waals surface area contributed by atoms with Gasteiger partial charge < -0.3 is 15.5 Å². The number of allylic oxidation sites excluding steroid dienone is 1. The second kappa shape index (κ2) is 10.7. The van der Waals surface area contributed by atoms with Gasteiger partial charge in [0.05, 0.1) is 0 Å². The summed E-state index contributed by atoms with van der Waals surface area (Å²) in [5, 5.41) is 6.92. The average Bonchev–Trinajstić information content (AvgIpc) is 2.49. The second-order valence-corrected chi connectivity index (χ2v) is 5.47. The minimum absolute atomic E-state index is 0.570. The predicted molar refractivity (Wildman–Crippen MR) is 88.3 cm³/mol. The van der Waals surface area contributed by atoms with E-state index in [1.807, 2.05) is 7.05 Å². The van der Waals surface area contributed by atoms with E-state index in [-0.39, 0.29) is 0 Å². The molecule has 0 spiro atoms. The zero-order valence-corrected chi connectivity index (χ0v) is 13.5. The van der Waals surface area contributed by atoms with Crippen LogP contribution in [0.3, 0.4) is 0 Å². The zero-order valence-electron chi connectivity index (χ0n) is 13.5. The molecule has 0 aliphatic carbocycles. The first kappa shape index (κ1) is 17.0. The molecule has 1 rings (SSSR count). The molecule has 116 valence electrons. The van der Waals surface area contributed by atoms with Crippen molar-refractivity contribution in [1.82, 2.24) is 15.5 Å².